The van der Waals surface area contributed by atoms with E-state index in [9.17, 15) is 22.8 Å². The monoisotopic (exact) mass is 500 g/mol. The largest absolute Gasteiger partial charge is 0.491 e. The summed E-state index contributed by atoms with van der Waals surface area (Å²) in [7, 11) is 0. The van der Waals surface area contributed by atoms with Gasteiger partial charge in [-0.05, 0) is 68.8 Å². The molecule has 0 aliphatic heterocycles. The fraction of sp³-hybridized carbons (Fsp3) is 0.385. The van der Waals surface area contributed by atoms with Crippen molar-refractivity contribution in [2.45, 2.75) is 51.2 Å². The number of carbonyl (C=O) groups is 2. The molecule has 4 rings (SSSR count). The lowest BCUT2D eigenvalue weighted by Gasteiger charge is -2.15. The van der Waals surface area contributed by atoms with Crippen molar-refractivity contribution in [2.75, 3.05) is 13.1 Å². The van der Waals surface area contributed by atoms with Gasteiger partial charge >= 0.3 is 18.1 Å². The van der Waals surface area contributed by atoms with Gasteiger partial charge in [-0.1, -0.05) is 30.3 Å². The number of nitrogens with zero attached hydrogens (tertiary/aromatic N) is 3. The molecule has 7 nitrogen and oxygen atoms in total. The maximum absolute atomic E-state index is 12.7. The van der Waals surface area contributed by atoms with Gasteiger partial charge < -0.3 is 10.1 Å². The third-order valence-corrected chi connectivity index (χ3v) is 6.10. The summed E-state index contributed by atoms with van der Waals surface area (Å²) in [5.41, 5.74) is 3.92. The number of halogens is 3. The van der Waals surface area contributed by atoms with E-state index in [-0.39, 0.29) is 12.2 Å². The number of hydrogen-bond donors (Lipinski definition) is 1. The molecule has 2 aromatic heterocycles. The number of nitrogens with one attached hydrogen (secondary N) is 1. The molecule has 0 amide bonds. The fourth-order valence-corrected chi connectivity index (χ4v) is 4.35. The Morgan fingerprint density at radius 2 is 1.81 bits per heavy atom. The molecular weight excluding hydrogens is 473 g/mol. The van der Waals surface area contributed by atoms with Crippen molar-refractivity contribution >= 4 is 11.9 Å². The van der Waals surface area contributed by atoms with Crippen molar-refractivity contribution in [3.63, 3.8) is 0 Å². The first kappa shape index (κ1) is 25.6. The van der Waals surface area contributed by atoms with Crippen LogP contribution in [0.4, 0.5) is 13.2 Å². The van der Waals surface area contributed by atoms with Crippen LogP contribution in [-0.2, 0) is 35.3 Å². The molecule has 0 unspecified atom stereocenters. The molecule has 1 aromatic carbocycles. The number of unbranched alkanes of at least 4 members (excludes halogenated alkanes) is 1. The molecule has 36 heavy (non-hydrogen) atoms. The Hall–Kier alpha value is -3.53. The lowest BCUT2D eigenvalue weighted by atomic mass is 9.90. The molecule has 1 aliphatic rings. The van der Waals surface area contributed by atoms with Crippen molar-refractivity contribution in [1.82, 2.24) is 20.1 Å². The van der Waals surface area contributed by atoms with E-state index in [2.05, 4.69) is 32.3 Å². The Balaban J connectivity index is 1.38. The van der Waals surface area contributed by atoms with Gasteiger partial charge in [-0.15, -0.1) is 0 Å². The standard InChI is InChI=1S/C26H27F3N4O3/c27-26(28,29)25(35)36-24(34)23-21-11-10-19-17-31-15-12-20(19)22(21)32-33(23)16-6-14-30-13-5-4-9-18-7-2-1-3-8-18/h1-3,7-8,12,15,17,30H,4-6,9-11,13-14,16H2. The van der Waals surface area contributed by atoms with E-state index in [0.717, 1.165) is 36.9 Å². The van der Waals surface area contributed by atoms with Crippen LogP contribution in [0.25, 0.3) is 11.3 Å². The quantitative estimate of drug-likeness (QED) is 0.254. The van der Waals surface area contributed by atoms with E-state index < -0.39 is 18.1 Å². The van der Waals surface area contributed by atoms with Gasteiger partial charge in [0.05, 0.1) is 5.69 Å². The van der Waals surface area contributed by atoms with E-state index >= 15 is 0 Å². The second-order valence-electron chi connectivity index (χ2n) is 8.65. The number of fused-ring (bicyclic) bond motifs is 3. The second-order valence-corrected chi connectivity index (χ2v) is 8.65. The summed E-state index contributed by atoms with van der Waals surface area (Å²) in [5, 5.41) is 7.88. The molecule has 10 heteroatoms. The highest BCUT2D eigenvalue weighted by Gasteiger charge is 2.43. The van der Waals surface area contributed by atoms with Crippen molar-refractivity contribution in [2.24, 2.45) is 0 Å². The molecule has 2 heterocycles. The first-order valence-electron chi connectivity index (χ1n) is 12.0. The van der Waals surface area contributed by atoms with Crippen molar-refractivity contribution < 1.29 is 27.5 Å². The molecule has 0 bridgehead atoms. The van der Waals surface area contributed by atoms with Gasteiger partial charge in [0.15, 0.2) is 5.69 Å². The zero-order chi connectivity index (χ0) is 25.5. The lowest BCUT2D eigenvalue weighted by Crippen LogP contribution is -2.29. The highest BCUT2D eigenvalue weighted by atomic mass is 19.4. The fourth-order valence-electron chi connectivity index (χ4n) is 4.35. The number of aryl methyl sites for hydroxylation is 3. The number of alkyl halides is 3. The summed E-state index contributed by atoms with van der Waals surface area (Å²) in [6.45, 7) is 1.76. The first-order chi connectivity index (χ1) is 17.3. The predicted molar refractivity (Wildman–Crippen MR) is 126 cm³/mol. The van der Waals surface area contributed by atoms with Gasteiger partial charge in [0.2, 0.25) is 0 Å². The molecule has 1 N–H and O–H groups in total. The number of esters is 2. The minimum Gasteiger partial charge on any atom is -0.381 e. The molecular formula is C26H27F3N4O3. The van der Waals surface area contributed by atoms with Crippen molar-refractivity contribution in [3.05, 3.63) is 71.2 Å². The van der Waals surface area contributed by atoms with Crippen LogP contribution in [0.1, 0.15) is 46.4 Å². The van der Waals surface area contributed by atoms with Crippen LogP contribution in [0.15, 0.2) is 48.8 Å². The van der Waals surface area contributed by atoms with Gasteiger partial charge in [0.1, 0.15) is 0 Å². The third-order valence-electron chi connectivity index (χ3n) is 6.10. The highest BCUT2D eigenvalue weighted by Crippen LogP contribution is 2.34. The number of pyridine rings is 1. The van der Waals surface area contributed by atoms with Crippen LogP contribution >= 0.6 is 0 Å². The number of aromatic nitrogens is 3. The molecule has 0 spiro atoms. The van der Waals surface area contributed by atoms with Crippen LogP contribution < -0.4 is 5.32 Å². The summed E-state index contributed by atoms with van der Waals surface area (Å²) >= 11 is 0. The normalized spacial score (nSPS) is 12.6. The van der Waals surface area contributed by atoms with Gasteiger partial charge in [-0.2, -0.15) is 18.3 Å². The second kappa shape index (κ2) is 11.5. The van der Waals surface area contributed by atoms with Crippen molar-refractivity contribution in [1.29, 1.82) is 0 Å². The number of ether oxygens (including phenoxy) is 1. The molecule has 0 saturated heterocycles. The zero-order valence-electron chi connectivity index (χ0n) is 19.7. The van der Waals surface area contributed by atoms with Gasteiger partial charge in [-0.25, -0.2) is 9.59 Å². The molecule has 0 atom stereocenters. The maximum atomic E-state index is 12.7. The highest BCUT2D eigenvalue weighted by molar-refractivity contribution is 5.99. The number of hydrogen-bond acceptors (Lipinski definition) is 6. The Morgan fingerprint density at radius 3 is 2.58 bits per heavy atom. The van der Waals surface area contributed by atoms with E-state index in [1.165, 1.54) is 10.2 Å². The molecule has 1 aliphatic carbocycles. The van der Waals surface area contributed by atoms with Crippen LogP contribution in [-0.4, -0.2) is 46.0 Å². The van der Waals surface area contributed by atoms with Gasteiger partial charge in [0, 0.05) is 30.1 Å². The molecule has 3 aromatic rings. The molecule has 0 fully saturated rings. The predicted octanol–water partition coefficient (Wildman–Crippen LogP) is 4.29. The van der Waals surface area contributed by atoms with Crippen LogP contribution in [0.5, 0.6) is 0 Å². The first-order valence-corrected chi connectivity index (χ1v) is 12.0. The number of carbonyl (C=O) groups excluding carboxylic acids is 2. The third kappa shape index (κ3) is 6.17. The maximum Gasteiger partial charge on any atom is 0.491 e. The van der Waals surface area contributed by atoms with Crippen LogP contribution in [0, 0.1) is 0 Å². The van der Waals surface area contributed by atoms with E-state index in [1.807, 2.05) is 18.2 Å². The molecule has 0 radical (unpaired) electrons. The topological polar surface area (TPSA) is 86.1 Å². The minimum atomic E-state index is -5.26. The smallest absolute Gasteiger partial charge is 0.381 e. The van der Waals surface area contributed by atoms with Crippen LogP contribution in [0.3, 0.4) is 0 Å². The van der Waals surface area contributed by atoms with Gasteiger partial charge in [0.25, 0.3) is 0 Å². The van der Waals surface area contributed by atoms with E-state index in [4.69, 9.17) is 0 Å². The molecule has 190 valence electrons. The Morgan fingerprint density at radius 1 is 1.03 bits per heavy atom. The van der Waals surface area contributed by atoms with E-state index in [0.29, 0.717) is 37.1 Å². The van der Waals surface area contributed by atoms with Crippen molar-refractivity contribution in [3.8, 4) is 11.3 Å². The Bertz CT molecular complexity index is 1210. The Labute approximate surface area is 206 Å². The Kier molecular flexibility index (Phi) is 8.14. The zero-order valence-corrected chi connectivity index (χ0v) is 19.7. The summed E-state index contributed by atoms with van der Waals surface area (Å²) in [6.07, 6.45) is 2.66. The summed E-state index contributed by atoms with van der Waals surface area (Å²) in [6, 6.07) is 12.0. The summed E-state index contributed by atoms with van der Waals surface area (Å²) < 4.78 is 43.6. The summed E-state index contributed by atoms with van der Waals surface area (Å²) in [5.74, 6) is -3.87. The minimum absolute atomic E-state index is 0.104. The number of rotatable bonds is 10. The average Bonchev–Trinajstić information content (AvgIpc) is 3.24. The average molecular weight is 501 g/mol. The molecule has 0 saturated carbocycles. The SMILES string of the molecule is O=C(OC(=O)C(F)(F)F)c1c2c(nn1CCCNCCCCc1ccccc1)-c1ccncc1CC2. The van der Waals surface area contributed by atoms with E-state index in [1.54, 1.807) is 18.5 Å². The van der Waals surface area contributed by atoms with Gasteiger partial charge in [-0.3, -0.25) is 9.67 Å². The lowest BCUT2D eigenvalue weighted by molar-refractivity contribution is -0.193. The summed E-state index contributed by atoms with van der Waals surface area (Å²) in [4.78, 5) is 28.1. The number of benzene rings is 1. The van der Waals surface area contributed by atoms with Crippen LogP contribution in [0.2, 0.25) is 0 Å².